The van der Waals surface area contributed by atoms with Gasteiger partial charge in [0.2, 0.25) is 0 Å². The summed E-state index contributed by atoms with van der Waals surface area (Å²) in [5.41, 5.74) is 0. The second-order valence-electron chi connectivity index (χ2n) is 1.85. The fraction of sp³-hybridized carbons (Fsp3) is 0. The maximum atomic E-state index is 8.88. The largest absolute Gasteiger partial charge is 0.508 e. The van der Waals surface area contributed by atoms with Crippen molar-refractivity contribution in [3.05, 3.63) is 30.3 Å². The zero-order chi connectivity index (χ0) is 9.61. The van der Waals surface area contributed by atoms with Crippen LogP contribution in [0.15, 0.2) is 30.3 Å². The summed E-state index contributed by atoms with van der Waals surface area (Å²) in [5, 5.41) is 8.63. The molecule has 1 aromatic carbocycles. The highest BCUT2D eigenvalue weighted by atomic mass is 31.2. The van der Waals surface area contributed by atoms with Crippen molar-refractivity contribution in [2.45, 2.75) is 0 Å². The van der Waals surface area contributed by atoms with Gasteiger partial charge in [-0.2, -0.15) is 0 Å². The Bertz CT molecular complexity index is 246. The third kappa shape index (κ3) is 11.9. The van der Waals surface area contributed by atoms with Gasteiger partial charge >= 0.3 is 7.82 Å². The van der Waals surface area contributed by atoms with Crippen LogP contribution in [0, 0.1) is 0 Å². The molecule has 0 atom stereocenters. The molecule has 4 N–H and O–H groups in total. The van der Waals surface area contributed by atoms with Crippen LogP contribution in [0.25, 0.3) is 0 Å². The number of hydrogen-bond acceptors (Lipinski definition) is 2. The van der Waals surface area contributed by atoms with Crippen molar-refractivity contribution in [2.75, 3.05) is 0 Å². The Balaban J connectivity index is 0.000000217. The number of para-hydroxylation sites is 1. The van der Waals surface area contributed by atoms with Gasteiger partial charge in [0.1, 0.15) is 5.75 Å². The molecule has 1 aromatic rings. The molecule has 0 aliphatic rings. The Kier molecular flexibility index (Phi) is 4.54. The fourth-order valence-electron chi connectivity index (χ4n) is 0.428. The van der Waals surface area contributed by atoms with Gasteiger partial charge in [-0.1, -0.05) is 18.2 Å². The molecular formula is C6H9O5P. The molecule has 0 bridgehead atoms. The van der Waals surface area contributed by atoms with Crippen molar-refractivity contribution >= 4 is 7.82 Å². The Morgan fingerprint density at radius 2 is 1.33 bits per heavy atom. The summed E-state index contributed by atoms with van der Waals surface area (Å²) in [7, 11) is -4.64. The molecule has 68 valence electrons. The van der Waals surface area contributed by atoms with Gasteiger partial charge in [-0.3, -0.25) is 0 Å². The van der Waals surface area contributed by atoms with Gasteiger partial charge in [-0.25, -0.2) is 4.57 Å². The Morgan fingerprint density at radius 1 is 1.00 bits per heavy atom. The number of phosphoric acid groups is 1. The van der Waals surface area contributed by atoms with E-state index in [9.17, 15) is 0 Å². The van der Waals surface area contributed by atoms with E-state index in [1.807, 2.05) is 6.07 Å². The second-order valence-corrected chi connectivity index (χ2v) is 2.88. The summed E-state index contributed by atoms with van der Waals surface area (Å²) in [6, 6.07) is 8.71. The predicted octanol–water partition coefficient (Wildman–Crippen LogP) is 0.464. The summed E-state index contributed by atoms with van der Waals surface area (Å²) in [5.74, 6) is 0.322. The first-order valence-corrected chi connectivity index (χ1v) is 4.48. The van der Waals surface area contributed by atoms with E-state index in [2.05, 4.69) is 0 Å². The van der Waals surface area contributed by atoms with Crippen molar-refractivity contribution in [2.24, 2.45) is 0 Å². The lowest BCUT2D eigenvalue weighted by molar-refractivity contribution is 0.275. The molecule has 0 unspecified atom stereocenters. The molecule has 0 radical (unpaired) electrons. The van der Waals surface area contributed by atoms with Gasteiger partial charge in [0.15, 0.2) is 0 Å². The van der Waals surface area contributed by atoms with E-state index in [1.165, 1.54) is 0 Å². The maximum Gasteiger partial charge on any atom is 0.466 e. The standard InChI is InChI=1S/C6H6O.H3O4P/c7-6-4-2-1-3-5-6;1-5(2,3)4/h1-5,7H;(H3,1,2,3,4). The molecular weight excluding hydrogens is 183 g/mol. The smallest absolute Gasteiger partial charge is 0.466 e. The number of phenols is 1. The molecule has 0 saturated carbocycles. The Labute approximate surface area is 69.2 Å². The molecule has 0 aliphatic carbocycles. The first-order valence-electron chi connectivity index (χ1n) is 2.92. The molecule has 0 aromatic heterocycles. The third-order valence-electron chi connectivity index (χ3n) is 0.756. The molecule has 0 heterocycles. The molecule has 0 saturated heterocycles. The molecule has 12 heavy (non-hydrogen) atoms. The van der Waals surface area contributed by atoms with Crippen LogP contribution in [0.4, 0.5) is 0 Å². The highest BCUT2D eigenvalue weighted by molar-refractivity contribution is 7.45. The van der Waals surface area contributed by atoms with E-state index in [4.69, 9.17) is 24.4 Å². The van der Waals surface area contributed by atoms with E-state index >= 15 is 0 Å². The number of hydrogen-bond donors (Lipinski definition) is 4. The second kappa shape index (κ2) is 4.90. The summed E-state index contributed by atoms with van der Waals surface area (Å²) in [4.78, 5) is 21.6. The Hall–Kier alpha value is -0.870. The third-order valence-corrected chi connectivity index (χ3v) is 0.756. The van der Waals surface area contributed by atoms with Gasteiger partial charge in [-0.05, 0) is 12.1 Å². The number of rotatable bonds is 0. The minimum Gasteiger partial charge on any atom is -0.508 e. The van der Waals surface area contributed by atoms with Gasteiger partial charge in [-0.15, -0.1) is 0 Å². The molecule has 1 rings (SSSR count). The summed E-state index contributed by atoms with van der Waals surface area (Å²) in [6.07, 6.45) is 0. The normalized spacial score (nSPS) is 9.92. The average molecular weight is 192 g/mol. The van der Waals surface area contributed by atoms with Gasteiger partial charge in [0, 0.05) is 0 Å². The zero-order valence-corrected chi connectivity index (χ0v) is 6.93. The minimum atomic E-state index is -4.64. The molecule has 0 fully saturated rings. The van der Waals surface area contributed by atoms with Crippen LogP contribution >= 0.6 is 7.82 Å². The van der Waals surface area contributed by atoms with E-state index in [-0.39, 0.29) is 0 Å². The van der Waals surface area contributed by atoms with Crippen LogP contribution in [0.3, 0.4) is 0 Å². The van der Waals surface area contributed by atoms with Gasteiger partial charge in [0.25, 0.3) is 0 Å². The molecule has 0 aliphatic heterocycles. The molecule has 6 heteroatoms. The predicted molar refractivity (Wildman–Crippen MR) is 42.4 cm³/mol. The van der Waals surface area contributed by atoms with Crippen LogP contribution in [0.2, 0.25) is 0 Å². The summed E-state index contributed by atoms with van der Waals surface area (Å²) in [6.45, 7) is 0. The van der Waals surface area contributed by atoms with Crippen molar-refractivity contribution in [1.29, 1.82) is 0 Å². The number of benzene rings is 1. The SMILES string of the molecule is O=P(O)(O)O.Oc1ccccc1. The van der Waals surface area contributed by atoms with E-state index in [0.29, 0.717) is 5.75 Å². The van der Waals surface area contributed by atoms with Crippen molar-refractivity contribution in [1.82, 2.24) is 0 Å². The monoisotopic (exact) mass is 192 g/mol. The number of phenolic OH excluding ortho intramolecular Hbond substituents is 1. The van der Waals surface area contributed by atoms with Crippen LogP contribution < -0.4 is 0 Å². The van der Waals surface area contributed by atoms with Crippen molar-refractivity contribution in [3.63, 3.8) is 0 Å². The summed E-state index contributed by atoms with van der Waals surface area (Å²) >= 11 is 0. The highest BCUT2D eigenvalue weighted by Gasteiger charge is 2.00. The molecule has 0 amide bonds. The van der Waals surface area contributed by atoms with E-state index in [1.54, 1.807) is 24.3 Å². The first-order chi connectivity index (χ1) is 5.39. The van der Waals surface area contributed by atoms with Crippen LogP contribution in [0.1, 0.15) is 0 Å². The highest BCUT2D eigenvalue weighted by Crippen LogP contribution is 2.25. The topological polar surface area (TPSA) is 98.0 Å². The van der Waals surface area contributed by atoms with Crippen LogP contribution in [-0.2, 0) is 4.57 Å². The molecule has 5 nitrogen and oxygen atoms in total. The summed E-state index contributed by atoms with van der Waals surface area (Å²) < 4.78 is 8.88. The number of aromatic hydroxyl groups is 1. The van der Waals surface area contributed by atoms with Crippen molar-refractivity contribution in [3.8, 4) is 5.75 Å². The Morgan fingerprint density at radius 3 is 1.50 bits per heavy atom. The first kappa shape index (κ1) is 11.1. The van der Waals surface area contributed by atoms with Gasteiger partial charge in [0.05, 0.1) is 0 Å². The fourth-order valence-corrected chi connectivity index (χ4v) is 0.428. The van der Waals surface area contributed by atoms with Gasteiger partial charge < -0.3 is 19.8 Å². The van der Waals surface area contributed by atoms with Crippen LogP contribution in [0.5, 0.6) is 5.75 Å². The zero-order valence-electron chi connectivity index (χ0n) is 6.03. The lowest BCUT2D eigenvalue weighted by Gasteiger charge is -1.82. The minimum absolute atomic E-state index is 0.322. The molecule has 0 spiro atoms. The van der Waals surface area contributed by atoms with E-state index < -0.39 is 7.82 Å². The van der Waals surface area contributed by atoms with Crippen molar-refractivity contribution < 1.29 is 24.4 Å². The van der Waals surface area contributed by atoms with Crippen LogP contribution in [-0.4, -0.2) is 19.8 Å². The van der Waals surface area contributed by atoms with E-state index in [0.717, 1.165) is 0 Å². The lowest BCUT2D eigenvalue weighted by atomic mass is 10.3. The average Bonchev–Trinajstić information content (AvgIpc) is 1.85. The quantitative estimate of drug-likeness (QED) is 0.448. The lowest BCUT2D eigenvalue weighted by Crippen LogP contribution is -1.66. The maximum absolute atomic E-state index is 8.88.